The zero-order valence-electron chi connectivity index (χ0n) is 12.0. The van der Waals surface area contributed by atoms with Crippen molar-refractivity contribution >= 4 is 17.7 Å². The first-order valence-corrected chi connectivity index (χ1v) is 8.28. The van der Waals surface area contributed by atoms with E-state index in [9.17, 15) is 4.79 Å². The van der Waals surface area contributed by atoms with Gasteiger partial charge in [0.1, 0.15) is 5.82 Å². The number of thioether (sulfide) groups is 1. The first-order chi connectivity index (χ1) is 9.52. The van der Waals surface area contributed by atoms with E-state index >= 15 is 0 Å². The van der Waals surface area contributed by atoms with Crippen LogP contribution in [0.1, 0.15) is 51.3 Å². The average Bonchev–Trinajstić information content (AvgIpc) is 3.24. The minimum atomic E-state index is -0.807. The van der Waals surface area contributed by atoms with Gasteiger partial charge >= 0.3 is 5.97 Å². The van der Waals surface area contributed by atoms with Gasteiger partial charge in [0.05, 0.1) is 5.75 Å². The van der Waals surface area contributed by atoms with Gasteiger partial charge in [-0.25, -0.2) is 0 Å². The molecule has 0 radical (unpaired) electrons. The van der Waals surface area contributed by atoms with Crippen LogP contribution in [0.3, 0.4) is 0 Å². The lowest BCUT2D eigenvalue weighted by atomic mass is 10.0. The molecule has 1 aromatic rings. The summed E-state index contributed by atoms with van der Waals surface area (Å²) in [6.07, 6.45) is 5.32. The topological polar surface area (TPSA) is 68.0 Å². The fourth-order valence-corrected chi connectivity index (χ4v) is 3.64. The number of hydrogen-bond donors (Lipinski definition) is 1. The maximum Gasteiger partial charge on any atom is 0.313 e. The van der Waals surface area contributed by atoms with Crippen molar-refractivity contribution in [2.75, 3.05) is 5.75 Å². The second-order valence-electron chi connectivity index (χ2n) is 6.40. The average molecular weight is 295 g/mol. The molecule has 3 rings (SSSR count). The minimum absolute atomic E-state index is 0.0483. The maximum atomic E-state index is 10.8. The SMILES string of the molecule is CC(C)c1nnc(SCC(=O)O)n1CC1(C2CC2)CC1. The second kappa shape index (κ2) is 5.06. The molecule has 2 fully saturated rings. The molecule has 1 heterocycles. The standard InChI is InChI=1S/C14H21N3O2S/c1-9(2)12-15-16-13(20-7-11(18)19)17(12)8-14(5-6-14)10-3-4-10/h9-10H,3-8H2,1-2H3,(H,18,19). The summed E-state index contributed by atoms with van der Waals surface area (Å²) in [7, 11) is 0. The van der Waals surface area contributed by atoms with Crippen LogP contribution in [-0.2, 0) is 11.3 Å². The molecule has 1 aromatic heterocycles. The van der Waals surface area contributed by atoms with Crippen molar-refractivity contribution in [1.82, 2.24) is 14.8 Å². The fraction of sp³-hybridized carbons (Fsp3) is 0.786. The number of aliphatic carboxylic acids is 1. The van der Waals surface area contributed by atoms with E-state index in [1.807, 2.05) is 0 Å². The number of hydrogen-bond acceptors (Lipinski definition) is 4. The summed E-state index contributed by atoms with van der Waals surface area (Å²) in [6.45, 7) is 5.20. The Balaban J connectivity index is 1.81. The monoisotopic (exact) mass is 295 g/mol. The van der Waals surface area contributed by atoms with Gasteiger partial charge in [-0.15, -0.1) is 10.2 Å². The first-order valence-electron chi connectivity index (χ1n) is 7.29. The van der Waals surface area contributed by atoms with Crippen LogP contribution in [0.15, 0.2) is 5.16 Å². The molecule has 0 aliphatic heterocycles. The Kier molecular flexibility index (Phi) is 3.52. The molecule has 0 atom stereocenters. The van der Waals surface area contributed by atoms with Gasteiger partial charge in [0, 0.05) is 12.5 Å². The van der Waals surface area contributed by atoms with Crippen LogP contribution in [0.25, 0.3) is 0 Å². The van der Waals surface area contributed by atoms with Crippen molar-refractivity contribution in [3.05, 3.63) is 5.82 Å². The molecule has 0 spiro atoms. The molecule has 0 unspecified atom stereocenters. The Bertz CT molecular complexity index is 518. The molecule has 0 saturated heterocycles. The molecule has 0 bridgehead atoms. The highest BCUT2D eigenvalue weighted by molar-refractivity contribution is 7.99. The van der Waals surface area contributed by atoms with E-state index in [2.05, 4.69) is 28.6 Å². The summed E-state index contributed by atoms with van der Waals surface area (Å²) in [5.74, 6) is 1.43. The third kappa shape index (κ3) is 2.71. The van der Waals surface area contributed by atoms with Crippen molar-refractivity contribution in [2.45, 2.75) is 57.1 Å². The summed E-state index contributed by atoms with van der Waals surface area (Å²) in [6, 6.07) is 0. The minimum Gasteiger partial charge on any atom is -0.481 e. The third-order valence-corrected chi connectivity index (χ3v) is 5.35. The summed E-state index contributed by atoms with van der Waals surface area (Å²) >= 11 is 1.28. The molecule has 20 heavy (non-hydrogen) atoms. The van der Waals surface area contributed by atoms with E-state index in [1.165, 1.54) is 37.4 Å². The first kappa shape index (κ1) is 13.9. The van der Waals surface area contributed by atoms with E-state index in [-0.39, 0.29) is 5.75 Å². The van der Waals surface area contributed by atoms with Crippen LogP contribution < -0.4 is 0 Å². The zero-order valence-corrected chi connectivity index (χ0v) is 12.8. The molecule has 2 aliphatic carbocycles. The zero-order chi connectivity index (χ0) is 14.3. The van der Waals surface area contributed by atoms with Gasteiger partial charge in [-0.2, -0.15) is 0 Å². The van der Waals surface area contributed by atoms with E-state index in [1.54, 1.807) is 0 Å². The number of carboxylic acids is 1. The van der Waals surface area contributed by atoms with Crippen molar-refractivity contribution < 1.29 is 9.90 Å². The largest absolute Gasteiger partial charge is 0.481 e. The van der Waals surface area contributed by atoms with Gasteiger partial charge in [-0.1, -0.05) is 25.6 Å². The smallest absolute Gasteiger partial charge is 0.313 e. The molecule has 1 N–H and O–H groups in total. The quantitative estimate of drug-likeness (QED) is 0.783. The van der Waals surface area contributed by atoms with Crippen LogP contribution in [0.2, 0.25) is 0 Å². The molecule has 2 aliphatic rings. The summed E-state index contributed by atoms with van der Waals surface area (Å²) in [4.78, 5) is 10.8. The Morgan fingerprint density at radius 3 is 2.65 bits per heavy atom. The fourth-order valence-electron chi connectivity index (χ4n) is 2.98. The predicted octanol–water partition coefficient (Wildman–Crippen LogP) is 2.77. The molecule has 2 saturated carbocycles. The van der Waals surface area contributed by atoms with Gasteiger partial charge in [-0.3, -0.25) is 4.79 Å². The van der Waals surface area contributed by atoms with E-state index in [0.29, 0.717) is 11.3 Å². The van der Waals surface area contributed by atoms with E-state index < -0.39 is 5.97 Å². The van der Waals surface area contributed by atoms with Gasteiger partial charge in [0.15, 0.2) is 5.16 Å². The number of aromatic nitrogens is 3. The second-order valence-corrected chi connectivity index (χ2v) is 7.34. The third-order valence-electron chi connectivity index (χ3n) is 4.40. The molecular weight excluding hydrogens is 274 g/mol. The molecular formula is C14H21N3O2S. The highest BCUT2D eigenvalue weighted by Gasteiger charge is 2.54. The number of carbonyl (C=O) groups is 1. The maximum absolute atomic E-state index is 10.8. The Morgan fingerprint density at radius 1 is 1.45 bits per heavy atom. The Labute approximate surface area is 123 Å². The van der Waals surface area contributed by atoms with Gasteiger partial charge in [-0.05, 0) is 37.0 Å². The lowest BCUT2D eigenvalue weighted by Crippen LogP contribution is -2.18. The van der Waals surface area contributed by atoms with Crippen molar-refractivity contribution in [3.63, 3.8) is 0 Å². The predicted molar refractivity (Wildman–Crippen MR) is 76.9 cm³/mol. The molecule has 0 amide bonds. The molecule has 0 aromatic carbocycles. The van der Waals surface area contributed by atoms with Gasteiger partial charge in [0.2, 0.25) is 0 Å². The summed E-state index contributed by atoms with van der Waals surface area (Å²) < 4.78 is 2.18. The van der Waals surface area contributed by atoms with Crippen LogP contribution in [-0.4, -0.2) is 31.6 Å². The van der Waals surface area contributed by atoms with Crippen molar-refractivity contribution in [3.8, 4) is 0 Å². The van der Waals surface area contributed by atoms with Crippen LogP contribution in [0.4, 0.5) is 0 Å². The molecule has 110 valence electrons. The normalized spacial score (nSPS) is 20.4. The molecule has 5 nitrogen and oxygen atoms in total. The number of rotatable bonds is 7. The Hall–Kier alpha value is -1.04. The van der Waals surface area contributed by atoms with Crippen molar-refractivity contribution in [1.29, 1.82) is 0 Å². The van der Waals surface area contributed by atoms with E-state index in [0.717, 1.165) is 23.4 Å². The number of nitrogens with zero attached hydrogens (tertiary/aromatic N) is 3. The summed E-state index contributed by atoms with van der Waals surface area (Å²) in [5, 5.41) is 18.1. The lowest BCUT2D eigenvalue weighted by molar-refractivity contribution is -0.133. The highest BCUT2D eigenvalue weighted by atomic mass is 32.2. The van der Waals surface area contributed by atoms with Gasteiger partial charge in [0.25, 0.3) is 0 Å². The Morgan fingerprint density at radius 2 is 2.15 bits per heavy atom. The highest BCUT2D eigenvalue weighted by Crippen LogP contribution is 2.62. The van der Waals surface area contributed by atoms with Crippen LogP contribution >= 0.6 is 11.8 Å². The van der Waals surface area contributed by atoms with Crippen LogP contribution in [0, 0.1) is 11.3 Å². The van der Waals surface area contributed by atoms with E-state index in [4.69, 9.17) is 5.11 Å². The van der Waals surface area contributed by atoms with Gasteiger partial charge < -0.3 is 9.67 Å². The summed E-state index contributed by atoms with van der Waals surface area (Å²) in [5.41, 5.74) is 0.463. The number of carboxylic acid groups (broad SMARTS) is 1. The molecule has 6 heteroatoms. The lowest BCUT2D eigenvalue weighted by Gasteiger charge is -2.19. The van der Waals surface area contributed by atoms with Crippen molar-refractivity contribution in [2.24, 2.45) is 11.3 Å². The van der Waals surface area contributed by atoms with Crippen LogP contribution in [0.5, 0.6) is 0 Å².